The summed E-state index contributed by atoms with van der Waals surface area (Å²) in [7, 11) is 0. The van der Waals surface area contributed by atoms with Crippen molar-refractivity contribution in [1.82, 2.24) is 15.2 Å². The number of hydrogen-bond donors (Lipinski definition) is 3. The van der Waals surface area contributed by atoms with E-state index in [1.165, 1.54) is 0 Å². The Kier molecular flexibility index (Phi) is 7.01. The van der Waals surface area contributed by atoms with E-state index in [2.05, 4.69) is 20.5 Å². The van der Waals surface area contributed by atoms with Crippen LogP contribution in [0.15, 0.2) is 88.8 Å². The van der Waals surface area contributed by atoms with Crippen LogP contribution in [0, 0.1) is 0 Å². The highest BCUT2D eigenvalue weighted by molar-refractivity contribution is 7.99. The molecule has 1 amide bonds. The summed E-state index contributed by atoms with van der Waals surface area (Å²) >= 11 is 1.08. The van der Waals surface area contributed by atoms with Gasteiger partial charge in [-0.15, -0.1) is 10.2 Å². The first-order chi connectivity index (χ1) is 16.1. The third kappa shape index (κ3) is 5.98. The Labute approximate surface area is 194 Å². The highest BCUT2D eigenvalue weighted by Gasteiger charge is 2.12. The van der Waals surface area contributed by atoms with Gasteiger partial charge in [0.05, 0.1) is 5.75 Å². The van der Waals surface area contributed by atoms with E-state index in [-0.39, 0.29) is 22.5 Å². The van der Waals surface area contributed by atoms with E-state index in [1.807, 2.05) is 30.3 Å². The molecule has 0 aliphatic rings. The van der Waals surface area contributed by atoms with Gasteiger partial charge in [-0.05, 0) is 35.9 Å². The summed E-state index contributed by atoms with van der Waals surface area (Å²) in [6.07, 6.45) is 0. The lowest BCUT2D eigenvalue weighted by Crippen LogP contribution is -2.17. The van der Waals surface area contributed by atoms with Crippen molar-refractivity contribution in [2.45, 2.75) is 11.8 Å². The molecule has 0 aliphatic carbocycles. The maximum Gasteiger partial charge on any atom is 0.278 e. The van der Waals surface area contributed by atoms with Gasteiger partial charge in [-0.1, -0.05) is 60.3 Å². The number of nitrogens with two attached hydrogens (primary N) is 1. The van der Waals surface area contributed by atoms with Crippen molar-refractivity contribution in [2.75, 3.05) is 16.8 Å². The molecule has 9 heteroatoms. The highest BCUT2D eigenvalue weighted by atomic mass is 32.2. The Morgan fingerprint density at radius 3 is 2.42 bits per heavy atom. The number of anilines is 2. The molecule has 4 N–H and O–H groups in total. The molecule has 4 aromatic rings. The average Bonchev–Trinajstić information content (AvgIpc) is 2.84. The number of rotatable bonds is 8. The summed E-state index contributed by atoms with van der Waals surface area (Å²) < 4.78 is 5.74. The van der Waals surface area contributed by atoms with Crippen molar-refractivity contribution in [3.8, 4) is 17.0 Å². The fourth-order valence-corrected chi connectivity index (χ4v) is 3.59. The quantitative estimate of drug-likeness (QED) is 0.271. The lowest BCUT2D eigenvalue weighted by Gasteiger charge is -2.08. The van der Waals surface area contributed by atoms with E-state index in [1.54, 1.807) is 48.5 Å². The van der Waals surface area contributed by atoms with E-state index in [4.69, 9.17) is 10.5 Å². The number of benzene rings is 3. The van der Waals surface area contributed by atoms with Crippen LogP contribution in [0.1, 0.15) is 5.56 Å². The van der Waals surface area contributed by atoms with Crippen LogP contribution in [-0.2, 0) is 11.4 Å². The number of ether oxygens (including phenoxy) is 1. The fraction of sp³-hybridized carbons (Fsp3) is 0.0833. The Hall–Kier alpha value is -4.11. The van der Waals surface area contributed by atoms with E-state index in [0.717, 1.165) is 17.3 Å². The average molecular weight is 460 g/mol. The number of carbonyl (C=O) groups is 1. The third-order valence-corrected chi connectivity index (χ3v) is 5.48. The highest BCUT2D eigenvalue weighted by Crippen LogP contribution is 2.21. The molecular weight excluding hydrogens is 438 g/mol. The molecule has 8 nitrogen and oxygen atoms in total. The van der Waals surface area contributed by atoms with Gasteiger partial charge < -0.3 is 15.8 Å². The molecule has 33 heavy (non-hydrogen) atoms. The molecule has 0 aliphatic heterocycles. The number of nitrogens with zero attached hydrogens (tertiary/aromatic N) is 2. The molecule has 0 spiro atoms. The van der Waals surface area contributed by atoms with Gasteiger partial charge in [0.25, 0.3) is 5.56 Å². The van der Waals surface area contributed by atoms with Crippen LogP contribution in [0.3, 0.4) is 0 Å². The van der Waals surface area contributed by atoms with E-state index < -0.39 is 5.56 Å². The zero-order valence-electron chi connectivity index (χ0n) is 17.5. The Morgan fingerprint density at radius 2 is 1.70 bits per heavy atom. The van der Waals surface area contributed by atoms with Crippen molar-refractivity contribution < 1.29 is 9.53 Å². The van der Waals surface area contributed by atoms with Crippen LogP contribution >= 0.6 is 11.8 Å². The predicted molar refractivity (Wildman–Crippen MR) is 129 cm³/mol. The van der Waals surface area contributed by atoms with Crippen molar-refractivity contribution >= 4 is 29.0 Å². The molecule has 0 saturated heterocycles. The third-order valence-electron chi connectivity index (χ3n) is 4.62. The number of thioether (sulfide) groups is 1. The molecule has 0 bridgehead atoms. The molecular formula is C24H21N5O3S. The molecule has 0 unspecified atom stereocenters. The molecule has 1 heterocycles. The standard InChI is InChI=1S/C24H21N5O3S/c25-20-9-5-4-8-19(20)22-23(31)27-24(29-28-22)33-15-21(30)26-17-10-12-18(13-11-17)32-14-16-6-2-1-3-7-16/h1-13H,14-15,25H2,(H,26,30)(H,27,29,31). The minimum Gasteiger partial charge on any atom is -0.489 e. The molecule has 0 atom stereocenters. The normalized spacial score (nSPS) is 10.5. The second kappa shape index (κ2) is 10.5. The monoisotopic (exact) mass is 459 g/mol. The number of carbonyl (C=O) groups excluding carboxylic acids is 1. The number of nitrogens with one attached hydrogen (secondary N) is 2. The van der Waals surface area contributed by atoms with E-state index >= 15 is 0 Å². The number of hydrogen-bond acceptors (Lipinski definition) is 7. The smallest absolute Gasteiger partial charge is 0.278 e. The topological polar surface area (TPSA) is 123 Å². The Morgan fingerprint density at radius 1 is 0.970 bits per heavy atom. The molecule has 0 fully saturated rings. The SMILES string of the molecule is Nc1ccccc1-c1nnc(SCC(=O)Nc2ccc(OCc3ccccc3)cc2)[nH]c1=O. The lowest BCUT2D eigenvalue weighted by atomic mass is 10.1. The maximum absolute atomic E-state index is 12.4. The van der Waals surface area contributed by atoms with Gasteiger partial charge in [0.2, 0.25) is 5.91 Å². The van der Waals surface area contributed by atoms with Gasteiger partial charge in [-0.25, -0.2) is 0 Å². The van der Waals surface area contributed by atoms with Crippen molar-refractivity contribution in [2.24, 2.45) is 0 Å². The zero-order chi connectivity index (χ0) is 23.0. The molecule has 0 radical (unpaired) electrons. The Bertz CT molecular complexity index is 1290. The molecule has 1 aromatic heterocycles. The van der Waals surface area contributed by atoms with Crippen LogP contribution in [0.4, 0.5) is 11.4 Å². The summed E-state index contributed by atoms with van der Waals surface area (Å²) in [6, 6.07) is 23.9. The number of para-hydroxylation sites is 1. The van der Waals surface area contributed by atoms with Gasteiger partial charge in [0.15, 0.2) is 10.9 Å². The minimum absolute atomic E-state index is 0.0592. The lowest BCUT2D eigenvalue weighted by molar-refractivity contribution is -0.113. The predicted octanol–water partition coefficient (Wildman–Crippen LogP) is 3.72. The van der Waals surface area contributed by atoms with Crippen LogP contribution < -0.4 is 21.3 Å². The van der Waals surface area contributed by atoms with Gasteiger partial charge in [0, 0.05) is 16.9 Å². The minimum atomic E-state index is -0.420. The number of aromatic nitrogens is 3. The maximum atomic E-state index is 12.4. The second-order valence-electron chi connectivity index (χ2n) is 7.03. The van der Waals surface area contributed by atoms with Gasteiger partial charge in [-0.3, -0.25) is 14.6 Å². The number of amides is 1. The van der Waals surface area contributed by atoms with Crippen molar-refractivity contribution in [1.29, 1.82) is 0 Å². The number of nitrogen functional groups attached to an aromatic ring is 1. The summed E-state index contributed by atoms with van der Waals surface area (Å²) in [5.74, 6) is 0.527. The first-order valence-corrected chi connectivity index (χ1v) is 11.1. The summed E-state index contributed by atoms with van der Waals surface area (Å²) in [5.41, 5.74) is 8.28. The van der Waals surface area contributed by atoms with Gasteiger partial charge >= 0.3 is 0 Å². The summed E-state index contributed by atoms with van der Waals surface area (Å²) in [4.78, 5) is 27.3. The van der Waals surface area contributed by atoms with Gasteiger partial charge in [0.1, 0.15) is 12.4 Å². The van der Waals surface area contributed by atoms with Crippen molar-refractivity contribution in [3.63, 3.8) is 0 Å². The van der Waals surface area contributed by atoms with E-state index in [9.17, 15) is 9.59 Å². The largest absolute Gasteiger partial charge is 0.489 e. The first kappa shape index (κ1) is 22.1. The molecule has 0 saturated carbocycles. The summed E-state index contributed by atoms with van der Waals surface area (Å²) in [5, 5.41) is 11.0. The first-order valence-electron chi connectivity index (χ1n) is 10.1. The number of aromatic amines is 1. The van der Waals surface area contributed by atoms with Crippen LogP contribution in [0.5, 0.6) is 5.75 Å². The molecule has 3 aromatic carbocycles. The van der Waals surface area contributed by atoms with E-state index in [0.29, 0.717) is 29.3 Å². The van der Waals surface area contributed by atoms with Crippen LogP contribution in [0.25, 0.3) is 11.3 Å². The van der Waals surface area contributed by atoms with Crippen molar-refractivity contribution in [3.05, 3.63) is 94.8 Å². The molecule has 4 rings (SSSR count). The fourth-order valence-electron chi connectivity index (χ4n) is 2.98. The second-order valence-corrected chi connectivity index (χ2v) is 7.99. The molecule has 166 valence electrons. The zero-order valence-corrected chi connectivity index (χ0v) is 18.3. The van der Waals surface area contributed by atoms with Crippen LogP contribution in [0.2, 0.25) is 0 Å². The van der Waals surface area contributed by atoms with Crippen LogP contribution in [-0.4, -0.2) is 26.8 Å². The Balaban J connectivity index is 1.29. The van der Waals surface area contributed by atoms with Gasteiger partial charge in [-0.2, -0.15) is 0 Å². The summed E-state index contributed by atoms with van der Waals surface area (Å²) in [6.45, 7) is 0.470. The number of H-pyrrole nitrogens is 1.